The molecular weight excluding hydrogens is 344 g/mol. The number of aromatic hydroxyl groups is 1. The average Bonchev–Trinajstić information content (AvgIpc) is 2.85. The minimum absolute atomic E-state index is 0.0666. The summed E-state index contributed by atoms with van der Waals surface area (Å²) in [6, 6.07) is 8.49. The first-order valence-corrected chi connectivity index (χ1v) is 8.46. The van der Waals surface area contributed by atoms with Crippen LogP contribution in [-0.4, -0.2) is 26.9 Å². The fourth-order valence-electron chi connectivity index (χ4n) is 2.22. The third-order valence-corrected chi connectivity index (χ3v) is 4.58. The lowest BCUT2D eigenvalue weighted by Crippen LogP contribution is -2.27. The number of benzene rings is 1. The van der Waals surface area contributed by atoms with Gasteiger partial charge in [0.15, 0.2) is 15.8 Å². The largest absolute Gasteiger partial charge is 0.504 e. The van der Waals surface area contributed by atoms with Gasteiger partial charge in [-0.05, 0) is 42.8 Å². The van der Waals surface area contributed by atoms with Crippen molar-refractivity contribution >= 4 is 46.0 Å². The summed E-state index contributed by atoms with van der Waals surface area (Å²) in [6.07, 6.45) is 4.97. The summed E-state index contributed by atoms with van der Waals surface area (Å²) >= 11 is 6.55. The van der Waals surface area contributed by atoms with Crippen LogP contribution in [0.5, 0.6) is 11.5 Å². The van der Waals surface area contributed by atoms with Crippen LogP contribution < -0.4 is 9.64 Å². The average molecular weight is 358 g/mol. The maximum Gasteiger partial charge on any atom is 0.270 e. The number of pyridine rings is 1. The van der Waals surface area contributed by atoms with E-state index in [1.165, 1.54) is 16.7 Å². The number of ether oxygens (including phenoxy) is 1. The molecule has 24 heavy (non-hydrogen) atoms. The second-order valence-electron chi connectivity index (χ2n) is 4.89. The molecule has 0 radical (unpaired) electrons. The Morgan fingerprint density at radius 3 is 2.96 bits per heavy atom. The van der Waals surface area contributed by atoms with Crippen LogP contribution in [0.3, 0.4) is 0 Å². The Kier molecular flexibility index (Phi) is 4.82. The second-order valence-corrected chi connectivity index (χ2v) is 6.56. The molecule has 2 aromatic rings. The summed E-state index contributed by atoms with van der Waals surface area (Å²) in [5.41, 5.74) is 1.40. The summed E-state index contributed by atoms with van der Waals surface area (Å²) in [5, 5.41) is 9.76. The predicted molar refractivity (Wildman–Crippen MR) is 99.2 cm³/mol. The molecule has 1 aromatic heterocycles. The van der Waals surface area contributed by atoms with Gasteiger partial charge in [-0.1, -0.05) is 30.0 Å². The van der Waals surface area contributed by atoms with E-state index in [1.807, 2.05) is 6.92 Å². The number of thiocarbonyl (C=S) groups is 1. The smallest absolute Gasteiger partial charge is 0.270 e. The first-order chi connectivity index (χ1) is 11.6. The van der Waals surface area contributed by atoms with Crippen LogP contribution in [0.15, 0.2) is 47.6 Å². The molecular formula is C17H14N2O3S2. The second kappa shape index (κ2) is 7.02. The zero-order valence-electron chi connectivity index (χ0n) is 12.8. The molecule has 0 saturated carbocycles. The first kappa shape index (κ1) is 16.5. The lowest BCUT2D eigenvalue weighted by molar-refractivity contribution is -0.113. The summed E-state index contributed by atoms with van der Waals surface area (Å²) in [6.45, 7) is 2.28. The molecule has 1 aromatic carbocycles. The van der Waals surface area contributed by atoms with E-state index in [0.717, 1.165) is 5.56 Å². The number of amides is 1. The van der Waals surface area contributed by atoms with Crippen molar-refractivity contribution in [3.63, 3.8) is 0 Å². The van der Waals surface area contributed by atoms with Gasteiger partial charge in [0.1, 0.15) is 0 Å². The number of nitrogens with zero attached hydrogens (tertiary/aromatic N) is 2. The van der Waals surface area contributed by atoms with Gasteiger partial charge in [0.2, 0.25) is 0 Å². The number of thioether (sulfide) groups is 1. The maximum atomic E-state index is 12.6. The minimum atomic E-state index is -0.191. The van der Waals surface area contributed by atoms with Crippen molar-refractivity contribution in [3.05, 3.63) is 53.2 Å². The molecule has 0 aliphatic carbocycles. The highest BCUT2D eigenvalue weighted by Crippen LogP contribution is 2.36. The lowest BCUT2D eigenvalue weighted by atomic mass is 10.2. The zero-order valence-corrected chi connectivity index (χ0v) is 14.4. The molecule has 5 nitrogen and oxygen atoms in total. The van der Waals surface area contributed by atoms with Crippen LogP contribution in [0.2, 0.25) is 0 Å². The molecule has 3 rings (SSSR count). The molecule has 0 atom stereocenters. The summed E-state index contributed by atoms with van der Waals surface area (Å²) < 4.78 is 5.83. The third kappa shape index (κ3) is 3.27. The van der Waals surface area contributed by atoms with Gasteiger partial charge in [-0.15, -0.1) is 0 Å². The monoisotopic (exact) mass is 358 g/mol. The minimum Gasteiger partial charge on any atom is -0.504 e. The molecule has 1 aliphatic heterocycles. The van der Waals surface area contributed by atoms with E-state index < -0.39 is 0 Å². The maximum absolute atomic E-state index is 12.6. The molecule has 1 amide bonds. The Balaban J connectivity index is 1.91. The Labute approximate surface area is 149 Å². The van der Waals surface area contributed by atoms with Crippen molar-refractivity contribution in [2.24, 2.45) is 0 Å². The first-order valence-electron chi connectivity index (χ1n) is 7.24. The van der Waals surface area contributed by atoms with Gasteiger partial charge in [-0.25, -0.2) is 0 Å². The Hall–Kier alpha value is -2.38. The highest BCUT2D eigenvalue weighted by atomic mass is 32.2. The molecule has 7 heteroatoms. The van der Waals surface area contributed by atoms with Crippen molar-refractivity contribution in [2.45, 2.75) is 6.92 Å². The normalized spacial score (nSPS) is 16.0. The van der Waals surface area contributed by atoms with Crippen LogP contribution in [0, 0.1) is 0 Å². The molecule has 122 valence electrons. The molecule has 0 spiro atoms. The Bertz CT molecular complexity index is 822. The molecule has 0 unspecified atom stereocenters. The van der Waals surface area contributed by atoms with E-state index in [2.05, 4.69) is 4.98 Å². The molecule has 1 saturated heterocycles. The zero-order chi connectivity index (χ0) is 17.1. The van der Waals surface area contributed by atoms with Gasteiger partial charge in [-0.2, -0.15) is 0 Å². The predicted octanol–water partition coefficient (Wildman–Crippen LogP) is 3.59. The van der Waals surface area contributed by atoms with Crippen molar-refractivity contribution < 1.29 is 14.6 Å². The number of carbonyl (C=O) groups excluding carboxylic acids is 1. The van der Waals surface area contributed by atoms with Gasteiger partial charge in [0, 0.05) is 6.20 Å². The van der Waals surface area contributed by atoms with Gasteiger partial charge in [0.05, 0.1) is 23.4 Å². The number of hydrogen-bond acceptors (Lipinski definition) is 6. The van der Waals surface area contributed by atoms with E-state index in [9.17, 15) is 9.90 Å². The van der Waals surface area contributed by atoms with Gasteiger partial charge < -0.3 is 9.84 Å². The van der Waals surface area contributed by atoms with Crippen molar-refractivity contribution in [2.75, 3.05) is 11.5 Å². The van der Waals surface area contributed by atoms with Crippen LogP contribution in [0.1, 0.15) is 12.5 Å². The summed E-state index contributed by atoms with van der Waals surface area (Å²) in [7, 11) is 0. The fourth-order valence-corrected chi connectivity index (χ4v) is 3.52. The van der Waals surface area contributed by atoms with E-state index in [1.54, 1.807) is 48.8 Å². The topological polar surface area (TPSA) is 62.7 Å². The van der Waals surface area contributed by atoms with E-state index in [-0.39, 0.29) is 11.7 Å². The number of phenolic OH excluding ortho intramolecular Hbond substituents is 1. The van der Waals surface area contributed by atoms with Crippen LogP contribution >= 0.6 is 24.0 Å². The number of phenols is 1. The van der Waals surface area contributed by atoms with Crippen molar-refractivity contribution in [3.8, 4) is 11.5 Å². The number of carbonyl (C=O) groups is 1. The van der Waals surface area contributed by atoms with E-state index in [0.29, 0.717) is 27.3 Å². The van der Waals surface area contributed by atoms with Crippen molar-refractivity contribution in [1.29, 1.82) is 0 Å². The number of anilines is 1. The van der Waals surface area contributed by atoms with Crippen molar-refractivity contribution in [1.82, 2.24) is 4.98 Å². The van der Waals surface area contributed by atoms with Crippen LogP contribution in [-0.2, 0) is 4.79 Å². The van der Waals surface area contributed by atoms with Gasteiger partial charge in [-0.3, -0.25) is 14.7 Å². The van der Waals surface area contributed by atoms with E-state index >= 15 is 0 Å². The summed E-state index contributed by atoms with van der Waals surface area (Å²) in [5.74, 6) is 0.259. The molecule has 1 fully saturated rings. The quantitative estimate of drug-likeness (QED) is 0.666. The molecule has 0 bridgehead atoms. The highest BCUT2D eigenvalue weighted by molar-refractivity contribution is 8.27. The third-order valence-electron chi connectivity index (χ3n) is 3.28. The number of aromatic nitrogens is 1. The van der Waals surface area contributed by atoms with Gasteiger partial charge >= 0.3 is 0 Å². The standard InChI is InChI=1S/C17H14N2O3S2/c1-2-22-14-8-11(5-6-13(14)20)9-15-16(21)19(17(23)24-15)12-4-3-7-18-10-12/h3-10,20H,2H2,1H3/b15-9-. The summed E-state index contributed by atoms with van der Waals surface area (Å²) in [4.78, 5) is 18.6. The van der Waals surface area contributed by atoms with E-state index in [4.69, 9.17) is 17.0 Å². The lowest BCUT2D eigenvalue weighted by Gasteiger charge is -2.13. The molecule has 2 heterocycles. The Morgan fingerprint density at radius 2 is 2.25 bits per heavy atom. The highest BCUT2D eigenvalue weighted by Gasteiger charge is 2.33. The van der Waals surface area contributed by atoms with Gasteiger partial charge in [0.25, 0.3) is 5.91 Å². The number of hydrogen-bond donors (Lipinski definition) is 1. The van der Waals surface area contributed by atoms with Crippen LogP contribution in [0.25, 0.3) is 6.08 Å². The SMILES string of the molecule is CCOc1cc(/C=C2\SC(=S)N(c3cccnc3)C2=O)ccc1O. The molecule has 1 aliphatic rings. The number of rotatable bonds is 4. The molecule has 1 N–H and O–H groups in total. The van der Waals surface area contributed by atoms with Crippen LogP contribution in [0.4, 0.5) is 5.69 Å². The fraction of sp³-hybridized carbons (Fsp3) is 0.118. The Morgan fingerprint density at radius 1 is 1.42 bits per heavy atom.